The molecule has 1 heterocycles. The summed E-state index contributed by atoms with van der Waals surface area (Å²) in [6.45, 7) is 0.682. The minimum Gasteiger partial charge on any atom is -0.478 e. The third-order valence-electron chi connectivity index (χ3n) is 3.27. The Kier molecular flexibility index (Phi) is 3.92. The number of pyridine rings is 1. The van der Waals surface area contributed by atoms with Gasteiger partial charge in [-0.1, -0.05) is 12.8 Å². The van der Waals surface area contributed by atoms with Crippen molar-refractivity contribution in [3.05, 3.63) is 29.6 Å². The predicted molar refractivity (Wildman–Crippen MR) is 65.5 cm³/mol. The van der Waals surface area contributed by atoms with Gasteiger partial charge in [0.15, 0.2) is 0 Å². The molecule has 1 aliphatic rings. The summed E-state index contributed by atoms with van der Waals surface area (Å²) in [4.78, 5) is 26.3. The Balaban J connectivity index is 1.89. The largest absolute Gasteiger partial charge is 0.478 e. The SMILES string of the molecule is O=C(O)c1ccc(C(=O)NCC2CCCC2)nc1. The Morgan fingerprint density at radius 3 is 2.61 bits per heavy atom. The maximum absolute atomic E-state index is 11.8. The molecule has 0 atom stereocenters. The van der Waals surface area contributed by atoms with Gasteiger partial charge in [-0.2, -0.15) is 0 Å². The van der Waals surface area contributed by atoms with E-state index in [0.29, 0.717) is 12.5 Å². The molecule has 1 aromatic heterocycles. The third kappa shape index (κ3) is 3.06. The van der Waals surface area contributed by atoms with Crippen LogP contribution in [0.5, 0.6) is 0 Å². The van der Waals surface area contributed by atoms with Crippen LogP contribution in [0.1, 0.15) is 46.5 Å². The van der Waals surface area contributed by atoms with Crippen molar-refractivity contribution in [1.29, 1.82) is 0 Å². The number of nitrogens with one attached hydrogen (secondary N) is 1. The average Bonchev–Trinajstić information content (AvgIpc) is 2.89. The summed E-state index contributed by atoms with van der Waals surface area (Å²) in [5.41, 5.74) is 0.348. The number of nitrogens with zero attached hydrogens (tertiary/aromatic N) is 1. The molecular formula is C13H16N2O3. The van der Waals surface area contributed by atoms with Crippen LogP contribution in [0.3, 0.4) is 0 Å². The minimum atomic E-state index is -1.04. The van der Waals surface area contributed by atoms with E-state index >= 15 is 0 Å². The van der Waals surface area contributed by atoms with Crippen LogP contribution >= 0.6 is 0 Å². The maximum Gasteiger partial charge on any atom is 0.337 e. The lowest BCUT2D eigenvalue weighted by atomic mass is 10.1. The van der Waals surface area contributed by atoms with Crippen molar-refractivity contribution in [1.82, 2.24) is 10.3 Å². The molecule has 1 aromatic rings. The molecule has 5 nitrogen and oxygen atoms in total. The maximum atomic E-state index is 11.8. The lowest BCUT2D eigenvalue weighted by Crippen LogP contribution is -2.29. The fraction of sp³-hybridized carbons (Fsp3) is 0.462. The highest BCUT2D eigenvalue weighted by Crippen LogP contribution is 2.23. The fourth-order valence-corrected chi connectivity index (χ4v) is 2.20. The van der Waals surface area contributed by atoms with Crippen LogP contribution in [-0.2, 0) is 0 Å². The molecule has 0 bridgehead atoms. The van der Waals surface area contributed by atoms with Crippen molar-refractivity contribution in [3.8, 4) is 0 Å². The quantitative estimate of drug-likeness (QED) is 0.850. The number of carboxylic acid groups (broad SMARTS) is 1. The number of carbonyl (C=O) groups is 2. The first-order chi connectivity index (χ1) is 8.66. The first-order valence-electron chi connectivity index (χ1n) is 6.14. The number of hydrogen-bond acceptors (Lipinski definition) is 3. The number of aromatic nitrogens is 1. The number of aromatic carboxylic acids is 1. The molecule has 0 spiro atoms. The van der Waals surface area contributed by atoms with Gasteiger partial charge in [-0.15, -0.1) is 0 Å². The molecular weight excluding hydrogens is 232 g/mol. The Hall–Kier alpha value is -1.91. The first-order valence-corrected chi connectivity index (χ1v) is 6.14. The molecule has 0 radical (unpaired) electrons. The Labute approximate surface area is 105 Å². The van der Waals surface area contributed by atoms with E-state index in [9.17, 15) is 9.59 Å². The lowest BCUT2D eigenvalue weighted by molar-refractivity contribution is 0.0695. The van der Waals surface area contributed by atoms with E-state index < -0.39 is 5.97 Å². The molecule has 0 unspecified atom stereocenters. The number of carboxylic acids is 1. The monoisotopic (exact) mass is 248 g/mol. The molecule has 5 heteroatoms. The van der Waals surface area contributed by atoms with Crippen molar-refractivity contribution in [2.45, 2.75) is 25.7 Å². The highest BCUT2D eigenvalue weighted by molar-refractivity contribution is 5.93. The van der Waals surface area contributed by atoms with Crippen molar-refractivity contribution in [2.24, 2.45) is 5.92 Å². The van der Waals surface area contributed by atoms with Gasteiger partial charge >= 0.3 is 5.97 Å². The Bertz CT molecular complexity index is 436. The highest BCUT2D eigenvalue weighted by atomic mass is 16.4. The van der Waals surface area contributed by atoms with Crippen LogP contribution in [0.4, 0.5) is 0 Å². The van der Waals surface area contributed by atoms with Crippen molar-refractivity contribution >= 4 is 11.9 Å². The summed E-state index contributed by atoms with van der Waals surface area (Å²) in [5.74, 6) is -0.702. The van der Waals surface area contributed by atoms with Gasteiger partial charge in [-0.05, 0) is 30.9 Å². The predicted octanol–water partition coefficient (Wildman–Crippen LogP) is 1.70. The summed E-state index contributed by atoms with van der Waals surface area (Å²) >= 11 is 0. The molecule has 1 saturated carbocycles. The van der Waals surface area contributed by atoms with Crippen LogP contribution in [-0.4, -0.2) is 28.5 Å². The number of rotatable bonds is 4. The van der Waals surface area contributed by atoms with Crippen molar-refractivity contribution < 1.29 is 14.7 Å². The van der Waals surface area contributed by atoms with Crippen LogP contribution in [0.15, 0.2) is 18.3 Å². The smallest absolute Gasteiger partial charge is 0.337 e. The fourth-order valence-electron chi connectivity index (χ4n) is 2.20. The molecule has 18 heavy (non-hydrogen) atoms. The van der Waals surface area contributed by atoms with Gasteiger partial charge in [0, 0.05) is 12.7 Å². The van der Waals surface area contributed by atoms with Crippen molar-refractivity contribution in [3.63, 3.8) is 0 Å². The summed E-state index contributed by atoms with van der Waals surface area (Å²) < 4.78 is 0. The van der Waals surface area contributed by atoms with E-state index in [1.54, 1.807) is 0 Å². The lowest BCUT2D eigenvalue weighted by Gasteiger charge is -2.10. The van der Waals surface area contributed by atoms with Gasteiger partial charge < -0.3 is 10.4 Å². The van der Waals surface area contributed by atoms with E-state index in [4.69, 9.17) is 5.11 Å². The molecule has 1 amide bonds. The van der Waals surface area contributed by atoms with Crippen LogP contribution < -0.4 is 5.32 Å². The van der Waals surface area contributed by atoms with E-state index in [1.165, 1.54) is 44.0 Å². The van der Waals surface area contributed by atoms with Gasteiger partial charge in [-0.25, -0.2) is 4.79 Å². The summed E-state index contributed by atoms with van der Waals surface area (Å²) in [7, 11) is 0. The van der Waals surface area contributed by atoms with E-state index in [2.05, 4.69) is 10.3 Å². The Morgan fingerprint density at radius 2 is 2.06 bits per heavy atom. The summed E-state index contributed by atoms with van der Waals surface area (Å²) in [6, 6.07) is 2.83. The molecule has 1 aliphatic carbocycles. The number of amides is 1. The molecule has 1 fully saturated rings. The van der Waals surface area contributed by atoms with Crippen molar-refractivity contribution in [2.75, 3.05) is 6.54 Å². The first kappa shape index (κ1) is 12.5. The van der Waals surface area contributed by atoms with Crippen LogP contribution in [0.25, 0.3) is 0 Å². The molecule has 0 aliphatic heterocycles. The van der Waals surface area contributed by atoms with Gasteiger partial charge in [0.05, 0.1) is 5.56 Å². The number of hydrogen-bond donors (Lipinski definition) is 2. The van der Waals surface area contributed by atoms with Gasteiger partial charge in [-0.3, -0.25) is 9.78 Å². The van der Waals surface area contributed by atoms with E-state index in [0.717, 1.165) is 0 Å². The average molecular weight is 248 g/mol. The zero-order valence-corrected chi connectivity index (χ0v) is 10.1. The standard InChI is InChI=1S/C13H16N2O3/c16-12(15-7-9-3-1-2-4-9)11-6-5-10(8-14-11)13(17)18/h5-6,8-9H,1-4,7H2,(H,15,16)(H,17,18). The second kappa shape index (κ2) is 5.62. The highest BCUT2D eigenvalue weighted by Gasteiger charge is 2.16. The summed E-state index contributed by atoms with van der Waals surface area (Å²) in [6.07, 6.45) is 6.03. The zero-order valence-electron chi connectivity index (χ0n) is 10.1. The molecule has 2 rings (SSSR count). The van der Waals surface area contributed by atoms with Crippen LogP contribution in [0, 0.1) is 5.92 Å². The van der Waals surface area contributed by atoms with Gasteiger partial charge in [0.25, 0.3) is 5.91 Å². The molecule has 2 N–H and O–H groups in total. The minimum absolute atomic E-state index is 0.0855. The van der Waals surface area contributed by atoms with Crippen LogP contribution in [0.2, 0.25) is 0 Å². The zero-order chi connectivity index (χ0) is 13.0. The summed E-state index contributed by atoms with van der Waals surface area (Å²) in [5, 5.41) is 11.6. The van der Waals surface area contributed by atoms with E-state index in [1.807, 2.05) is 0 Å². The van der Waals surface area contributed by atoms with E-state index in [-0.39, 0.29) is 17.2 Å². The molecule has 0 saturated heterocycles. The number of carbonyl (C=O) groups excluding carboxylic acids is 1. The van der Waals surface area contributed by atoms with Gasteiger partial charge in [0.2, 0.25) is 0 Å². The molecule has 0 aromatic carbocycles. The topological polar surface area (TPSA) is 79.3 Å². The van der Waals surface area contributed by atoms with Gasteiger partial charge in [0.1, 0.15) is 5.69 Å². The Morgan fingerprint density at radius 1 is 1.33 bits per heavy atom. The molecule has 96 valence electrons. The normalized spacial score (nSPS) is 15.6. The third-order valence-corrected chi connectivity index (χ3v) is 3.27. The second-order valence-corrected chi connectivity index (χ2v) is 4.60. The second-order valence-electron chi connectivity index (χ2n) is 4.60.